The fourth-order valence-corrected chi connectivity index (χ4v) is 4.29. The van der Waals surface area contributed by atoms with Gasteiger partial charge < -0.3 is 37.7 Å². The van der Waals surface area contributed by atoms with Crippen molar-refractivity contribution in [2.24, 2.45) is 27.2 Å². The molecule has 0 radical (unpaired) electrons. The molecule has 2 aromatic carbocycles. The highest BCUT2D eigenvalue weighted by Gasteiger charge is 2.40. The summed E-state index contributed by atoms with van der Waals surface area (Å²) in [7, 11) is 0. The summed E-state index contributed by atoms with van der Waals surface area (Å²) in [4.78, 5) is 33.8. The summed E-state index contributed by atoms with van der Waals surface area (Å²) >= 11 is 0. The fraction of sp³-hybridized carbons (Fsp3) is 0.379. The first-order valence-electron chi connectivity index (χ1n) is 13.4. The minimum Gasteiger partial charge on any atom is -0.508 e. The van der Waals surface area contributed by atoms with E-state index in [4.69, 9.17) is 21.9 Å². The number of aromatic hydroxyl groups is 1. The second-order valence-corrected chi connectivity index (χ2v) is 9.56. The van der Waals surface area contributed by atoms with Gasteiger partial charge in [-0.3, -0.25) is 19.6 Å². The number of benzene rings is 2. The van der Waals surface area contributed by atoms with Gasteiger partial charge in [0, 0.05) is 37.8 Å². The SMILES string of the molecule is CC(N)=NCCCCNC(=O)/C=C/c1ccc2c(c1)C(C(=O)NCCCCN=C(N)N)C(c1ccc(O)cc1)O2. The van der Waals surface area contributed by atoms with E-state index in [2.05, 4.69) is 20.6 Å². The van der Waals surface area contributed by atoms with Crippen molar-refractivity contribution < 1.29 is 19.4 Å². The average molecular weight is 550 g/mol. The summed E-state index contributed by atoms with van der Waals surface area (Å²) in [6.45, 7) is 3.89. The van der Waals surface area contributed by atoms with Crippen molar-refractivity contribution in [1.82, 2.24) is 10.6 Å². The number of nitrogens with zero attached hydrogens (tertiary/aromatic N) is 2. The lowest BCUT2D eigenvalue weighted by Gasteiger charge is -2.19. The van der Waals surface area contributed by atoms with Crippen LogP contribution in [0.2, 0.25) is 0 Å². The first kappa shape index (κ1) is 30.0. The van der Waals surface area contributed by atoms with Crippen molar-refractivity contribution in [3.8, 4) is 11.5 Å². The quantitative estimate of drug-likeness (QED) is 0.0899. The highest BCUT2D eigenvalue weighted by Crippen LogP contribution is 2.46. The predicted octanol–water partition coefficient (Wildman–Crippen LogP) is 2.07. The second-order valence-electron chi connectivity index (χ2n) is 9.56. The van der Waals surface area contributed by atoms with Gasteiger partial charge in [0.15, 0.2) is 5.96 Å². The van der Waals surface area contributed by atoms with E-state index in [0.29, 0.717) is 44.2 Å². The van der Waals surface area contributed by atoms with Gasteiger partial charge in [0.1, 0.15) is 23.5 Å². The number of phenols is 1. The van der Waals surface area contributed by atoms with E-state index in [0.717, 1.165) is 36.0 Å². The molecule has 2 amide bonds. The van der Waals surface area contributed by atoms with Gasteiger partial charge >= 0.3 is 0 Å². The van der Waals surface area contributed by atoms with Crippen molar-refractivity contribution in [2.45, 2.75) is 44.6 Å². The number of hydrogen-bond donors (Lipinski definition) is 6. The molecule has 0 saturated carbocycles. The summed E-state index contributed by atoms with van der Waals surface area (Å²) in [5.41, 5.74) is 18.5. The third-order valence-electron chi connectivity index (χ3n) is 6.28. The maximum Gasteiger partial charge on any atom is 0.243 e. The summed E-state index contributed by atoms with van der Waals surface area (Å²) in [5.74, 6) is 0.346. The Kier molecular flexibility index (Phi) is 11.4. The minimum absolute atomic E-state index is 0.0476. The number of phenolic OH excluding ortho intramolecular Hbond substituents is 1. The molecular weight excluding hydrogens is 510 g/mol. The molecule has 9 N–H and O–H groups in total. The van der Waals surface area contributed by atoms with Crippen molar-refractivity contribution >= 4 is 29.7 Å². The molecule has 0 spiro atoms. The number of ether oxygens (including phenoxy) is 1. The molecule has 0 fully saturated rings. The Balaban J connectivity index is 1.67. The number of nitrogens with two attached hydrogens (primary N) is 3. The van der Waals surface area contributed by atoms with Crippen molar-refractivity contribution in [1.29, 1.82) is 0 Å². The number of amides is 2. The van der Waals surface area contributed by atoms with Crippen LogP contribution in [-0.4, -0.2) is 54.9 Å². The fourth-order valence-electron chi connectivity index (χ4n) is 4.29. The van der Waals surface area contributed by atoms with Crippen LogP contribution in [-0.2, 0) is 9.59 Å². The van der Waals surface area contributed by atoms with E-state index < -0.39 is 12.0 Å². The number of carbonyl (C=O) groups is 2. The van der Waals surface area contributed by atoms with Gasteiger partial charge in [-0.25, -0.2) is 0 Å². The molecule has 11 nitrogen and oxygen atoms in total. The zero-order chi connectivity index (χ0) is 28.9. The van der Waals surface area contributed by atoms with E-state index in [9.17, 15) is 14.7 Å². The molecule has 1 aliphatic rings. The molecule has 214 valence electrons. The minimum atomic E-state index is -0.612. The normalized spacial score (nSPS) is 16.3. The van der Waals surface area contributed by atoms with Crippen LogP contribution < -0.4 is 32.6 Å². The van der Waals surface area contributed by atoms with Crippen LogP contribution in [0.5, 0.6) is 11.5 Å². The Hall–Kier alpha value is -4.54. The average Bonchev–Trinajstić information content (AvgIpc) is 3.30. The lowest BCUT2D eigenvalue weighted by molar-refractivity contribution is -0.124. The number of guanidine groups is 1. The van der Waals surface area contributed by atoms with Crippen LogP contribution in [0.25, 0.3) is 6.08 Å². The van der Waals surface area contributed by atoms with E-state index in [1.807, 2.05) is 18.2 Å². The van der Waals surface area contributed by atoms with Gasteiger partial charge in [0.05, 0.1) is 5.84 Å². The Bertz CT molecular complexity index is 1230. The third kappa shape index (κ3) is 9.33. The molecule has 2 aromatic rings. The summed E-state index contributed by atoms with van der Waals surface area (Å²) in [5, 5.41) is 15.6. The molecule has 0 saturated heterocycles. The first-order chi connectivity index (χ1) is 19.2. The van der Waals surface area contributed by atoms with Gasteiger partial charge in [-0.2, -0.15) is 0 Å². The number of hydrogen-bond acceptors (Lipinski definition) is 6. The first-order valence-corrected chi connectivity index (χ1v) is 13.4. The molecule has 2 atom stereocenters. The summed E-state index contributed by atoms with van der Waals surface area (Å²) in [6, 6.07) is 12.2. The van der Waals surface area contributed by atoms with Crippen LogP contribution in [0, 0.1) is 0 Å². The Morgan fingerprint density at radius 2 is 1.62 bits per heavy atom. The standard InChI is InChI=1S/C29H39N7O4/c1-19(30)33-14-2-3-15-34-25(38)13-7-20-6-12-24-23(18-20)26(27(40-24)21-8-10-22(37)11-9-21)28(39)35-16-4-5-17-36-29(31)32/h6-13,18,26-27,37H,2-5,14-17H2,1H3,(H2,30,33)(H,34,38)(H,35,39)(H4,31,32,36)/b13-7+. The van der Waals surface area contributed by atoms with Crippen molar-refractivity contribution in [2.75, 3.05) is 26.2 Å². The van der Waals surface area contributed by atoms with Crippen LogP contribution >= 0.6 is 0 Å². The molecule has 0 bridgehead atoms. The predicted molar refractivity (Wildman–Crippen MR) is 157 cm³/mol. The van der Waals surface area contributed by atoms with E-state index in [1.165, 1.54) is 6.08 Å². The topological polar surface area (TPSA) is 190 Å². The molecule has 2 unspecified atom stereocenters. The van der Waals surface area contributed by atoms with Crippen LogP contribution in [0.15, 0.2) is 58.5 Å². The molecule has 1 aliphatic heterocycles. The maximum atomic E-state index is 13.4. The van der Waals surface area contributed by atoms with Crippen molar-refractivity contribution in [3.63, 3.8) is 0 Å². The number of nitrogens with one attached hydrogen (secondary N) is 2. The molecule has 40 heavy (non-hydrogen) atoms. The zero-order valence-corrected chi connectivity index (χ0v) is 22.8. The number of amidine groups is 1. The monoisotopic (exact) mass is 549 g/mol. The molecule has 0 aromatic heterocycles. The molecule has 1 heterocycles. The van der Waals surface area contributed by atoms with Gasteiger partial charge in [0.25, 0.3) is 0 Å². The molecule has 11 heteroatoms. The Labute approximate surface area is 234 Å². The highest BCUT2D eigenvalue weighted by molar-refractivity contribution is 5.92. The van der Waals surface area contributed by atoms with E-state index >= 15 is 0 Å². The van der Waals surface area contributed by atoms with Gasteiger partial charge in [0.2, 0.25) is 11.8 Å². The molecule has 3 rings (SSSR count). The highest BCUT2D eigenvalue weighted by atomic mass is 16.5. The van der Waals surface area contributed by atoms with E-state index in [1.54, 1.807) is 37.3 Å². The number of aliphatic imine (C=N–C) groups is 2. The maximum absolute atomic E-state index is 13.4. The number of unbranched alkanes of at least 4 members (excludes halogenated alkanes) is 2. The van der Waals surface area contributed by atoms with Gasteiger partial charge in [-0.15, -0.1) is 0 Å². The smallest absolute Gasteiger partial charge is 0.243 e. The largest absolute Gasteiger partial charge is 0.508 e. The van der Waals surface area contributed by atoms with Crippen LogP contribution in [0.4, 0.5) is 0 Å². The number of carbonyl (C=O) groups excluding carboxylic acids is 2. The zero-order valence-electron chi connectivity index (χ0n) is 22.8. The molecular formula is C29H39N7O4. The molecule has 0 aliphatic carbocycles. The van der Waals surface area contributed by atoms with Gasteiger partial charge in [-0.05, 0) is 74.1 Å². The van der Waals surface area contributed by atoms with Crippen LogP contribution in [0.3, 0.4) is 0 Å². The van der Waals surface area contributed by atoms with Crippen LogP contribution in [0.1, 0.15) is 61.3 Å². The Morgan fingerprint density at radius 1 is 0.950 bits per heavy atom. The third-order valence-corrected chi connectivity index (χ3v) is 6.28. The van der Waals surface area contributed by atoms with Gasteiger partial charge in [-0.1, -0.05) is 18.2 Å². The summed E-state index contributed by atoms with van der Waals surface area (Å²) < 4.78 is 6.21. The second kappa shape index (κ2) is 15.2. The number of rotatable bonds is 14. The van der Waals surface area contributed by atoms with E-state index in [-0.39, 0.29) is 23.5 Å². The number of fused-ring (bicyclic) bond motifs is 1. The summed E-state index contributed by atoms with van der Waals surface area (Å²) in [6.07, 6.45) is 5.71. The lowest BCUT2D eigenvalue weighted by atomic mass is 9.89. The lowest BCUT2D eigenvalue weighted by Crippen LogP contribution is -2.32. The Morgan fingerprint density at radius 3 is 2.30 bits per heavy atom. The van der Waals surface area contributed by atoms with Crippen molar-refractivity contribution in [3.05, 3.63) is 65.2 Å².